The molecule has 0 spiro atoms. The summed E-state index contributed by atoms with van der Waals surface area (Å²) in [5.41, 5.74) is 3.89. The van der Waals surface area contributed by atoms with E-state index < -0.39 is 0 Å². The van der Waals surface area contributed by atoms with Crippen molar-refractivity contribution in [3.8, 4) is 5.75 Å². The lowest BCUT2D eigenvalue weighted by atomic mass is 10.0. The summed E-state index contributed by atoms with van der Waals surface area (Å²) in [6, 6.07) is 4.47. The molecule has 0 radical (unpaired) electrons. The van der Waals surface area contributed by atoms with Crippen LogP contribution >= 0.6 is 0 Å². The summed E-state index contributed by atoms with van der Waals surface area (Å²) in [6.07, 6.45) is 2.66. The average Bonchev–Trinajstić information content (AvgIpc) is 3.00. The minimum absolute atomic E-state index is 0.328. The zero-order chi connectivity index (χ0) is 11.5. The van der Waals surface area contributed by atoms with E-state index in [0.29, 0.717) is 12.7 Å². The molecular weight excluding hydrogens is 200 g/mol. The van der Waals surface area contributed by atoms with Crippen LogP contribution in [0.15, 0.2) is 12.1 Å². The normalized spacial score (nSPS) is 18.6. The minimum atomic E-state index is 0.328. The fourth-order valence-corrected chi connectivity index (χ4v) is 2.04. The Labute approximate surface area is 97.6 Å². The van der Waals surface area contributed by atoms with Gasteiger partial charge in [0.25, 0.3) is 0 Å². The van der Waals surface area contributed by atoms with Gasteiger partial charge in [0.2, 0.25) is 0 Å². The SMILES string of the molecule is CCCc1cc(C)c(OCC2CO2)c(C)c1. The number of ether oxygens (including phenoxy) is 2. The fourth-order valence-electron chi connectivity index (χ4n) is 2.04. The van der Waals surface area contributed by atoms with Gasteiger partial charge in [-0.1, -0.05) is 25.5 Å². The Morgan fingerprint density at radius 1 is 1.31 bits per heavy atom. The Bertz CT molecular complexity index is 344. The van der Waals surface area contributed by atoms with Gasteiger partial charge in [-0.15, -0.1) is 0 Å². The van der Waals surface area contributed by atoms with Crippen LogP contribution in [0.1, 0.15) is 30.0 Å². The van der Waals surface area contributed by atoms with Gasteiger partial charge >= 0.3 is 0 Å². The van der Waals surface area contributed by atoms with E-state index in [1.54, 1.807) is 0 Å². The van der Waals surface area contributed by atoms with Gasteiger partial charge in [0, 0.05) is 0 Å². The Kier molecular flexibility index (Phi) is 3.49. The van der Waals surface area contributed by atoms with Gasteiger partial charge in [0.1, 0.15) is 18.5 Å². The molecule has 0 amide bonds. The lowest BCUT2D eigenvalue weighted by Crippen LogP contribution is -2.06. The van der Waals surface area contributed by atoms with Crippen LogP contribution in [-0.4, -0.2) is 19.3 Å². The second kappa shape index (κ2) is 4.88. The number of epoxide rings is 1. The summed E-state index contributed by atoms with van der Waals surface area (Å²) in [5.74, 6) is 1.04. The quantitative estimate of drug-likeness (QED) is 0.711. The lowest BCUT2D eigenvalue weighted by Gasteiger charge is -2.13. The molecule has 0 aliphatic carbocycles. The molecular formula is C14H20O2. The molecule has 1 aliphatic rings. The second-order valence-electron chi connectivity index (χ2n) is 4.58. The van der Waals surface area contributed by atoms with E-state index >= 15 is 0 Å². The Hall–Kier alpha value is -1.02. The molecule has 1 aromatic rings. The molecule has 1 unspecified atom stereocenters. The molecule has 1 fully saturated rings. The first-order valence-corrected chi connectivity index (χ1v) is 6.05. The highest BCUT2D eigenvalue weighted by Gasteiger charge is 2.23. The summed E-state index contributed by atoms with van der Waals surface area (Å²) in [6.45, 7) is 7.99. The monoisotopic (exact) mass is 220 g/mol. The fraction of sp³-hybridized carbons (Fsp3) is 0.571. The molecule has 1 heterocycles. The van der Waals surface area contributed by atoms with Crippen LogP contribution in [0, 0.1) is 13.8 Å². The topological polar surface area (TPSA) is 21.8 Å². The third kappa shape index (κ3) is 2.76. The summed E-state index contributed by atoms with van der Waals surface area (Å²) in [4.78, 5) is 0. The van der Waals surface area contributed by atoms with Gasteiger partial charge in [-0.2, -0.15) is 0 Å². The van der Waals surface area contributed by atoms with Crippen molar-refractivity contribution in [2.24, 2.45) is 0 Å². The van der Waals surface area contributed by atoms with Crippen molar-refractivity contribution in [2.45, 2.75) is 39.7 Å². The summed E-state index contributed by atoms with van der Waals surface area (Å²) < 4.78 is 10.9. The Balaban J connectivity index is 2.10. The minimum Gasteiger partial charge on any atom is -0.490 e. The van der Waals surface area contributed by atoms with Crippen LogP contribution in [0.4, 0.5) is 0 Å². The smallest absolute Gasteiger partial charge is 0.125 e. The molecule has 0 aromatic heterocycles. The maximum Gasteiger partial charge on any atom is 0.125 e. The molecule has 0 bridgehead atoms. The zero-order valence-electron chi connectivity index (χ0n) is 10.4. The van der Waals surface area contributed by atoms with Crippen LogP contribution in [-0.2, 0) is 11.2 Å². The largest absolute Gasteiger partial charge is 0.490 e. The second-order valence-corrected chi connectivity index (χ2v) is 4.58. The molecule has 16 heavy (non-hydrogen) atoms. The van der Waals surface area contributed by atoms with Crippen molar-refractivity contribution in [3.63, 3.8) is 0 Å². The van der Waals surface area contributed by atoms with Crippen LogP contribution < -0.4 is 4.74 Å². The molecule has 88 valence electrons. The first-order valence-electron chi connectivity index (χ1n) is 6.05. The van der Waals surface area contributed by atoms with Gasteiger partial charge in [-0.3, -0.25) is 0 Å². The van der Waals surface area contributed by atoms with Crippen molar-refractivity contribution in [1.82, 2.24) is 0 Å². The van der Waals surface area contributed by atoms with Crippen molar-refractivity contribution in [1.29, 1.82) is 0 Å². The molecule has 2 heteroatoms. The van der Waals surface area contributed by atoms with Crippen molar-refractivity contribution in [2.75, 3.05) is 13.2 Å². The Morgan fingerprint density at radius 3 is 2.44 bits per heavy atom. The van der Waals surface area contributed by atoms with E-state index in [9.17, 15) is 0 Å². The molecule has 2 rings (SSSR count). The van der Waals surface area contributed by atoms with Crippen molar-refractivity contribution < 1.29 is 9.47 Å². The van der Waals surface area contributed by atoms with Crippen LogP contribution in [0.2, 0.25) is 0 Å². The van der Waals surface area contributed by atoms with Crippen LogP contribution in [0.25, 0.3) is 0 Å². The summed E-state index contributed by atoms with van der Waals surface area (Å²) in [5, 5.41) is 0. The van der Waals surface area contributed by atoms with E-state index in [1.807, 2.05) is 0 Å². The highest BCUT2D eigenvalue weighted by molar-refractivity contribution is 5.43. The molecule has 2 nitrogen and oxygen atoms in total. The molecule has 1 aromatic carbocycles. The standard InChI is InChI=1S/C14H20O2/c1-4-5-12-6-10(2)14(11(3)7-12)16-9-13-8-15-13/h6-7,13H,4-5,8-9H2,1-3H3. The van der Waals surface area contributed by atoms with E-state index in [0.717, 1.165) is 18.8 Å². The number of aryl methyl sites for hydroxylation is 3. The van der Waals surface area contributed by atoms with Crippen LogP contribution in [0.3, 0.4) is 0 Å². The van der Waals surface area contributed by atoms with Gasteiger partial charge in [0.15, 0.2) is 0 Å². The maximum atomic E-state index is 5.80. The third-order valence-corrected chi connectivity index (χ3v) is 2.87. The lowest BCUT2D eigenvalue weighted by molar-refractivity contribution is 0.260. The van der Waals surface area contributed by atoms with Crippen molar-refractivity contribution in [3.05, 3.63) is 28.8 Å². The zero-order valence-corrected chi connectivity index (χ0v) is 10.4. The van der Waals surface area contributed by atoms with E-state index in [-0.39, 0.29) is 0 Å². The maximum absolute atomic E-state index is 5.80. The summed E-state index contributed by atoms with van der Waals surface area (Å²) in [7, 11) is 0. The average molecular weight is 220 g/mol. The highest BCUT2D eigenvalue weighted by Crippen LogP contribution is 2.26. The first-order chi connectivity index (χ1) is 7.70. The molecule has 1 aliphatic heterocycles. The van der Waals surface area contributed by atoms with Gasteiger partial charge < -0.3 is 9.47 Å². The number of benzene rings is 1. The van der Waals surface area contributed by atoms with E-state index in [2.05, 4.69) is 32.9 Å². The van der Waals surface area contributed by atoms with Gasteiger partial charge in [0.05, 0.1) is 6.61 Å². The van der Waals surface area contributed by atoms with E-state index in [1.165, 1.54) is 23.1 Å². The van der Waals surface area contributed by atoms with Gasteiger partial charge in [-0.25, -0.2) is 0 Å². The molecule has 1 saturated heterocycles. The number of rotatable bonds is 5. The molecule has 0 saturated carbocycles. The summed E-state index contributed by atoms with van der Waals surface area (Å²) >= 11 is 0. The predicted octanol–water partition coefficient (Wildman–Crippen LogP) is 3.03. The number of hydrogen-bond acceptors (Lipinski definition) is 2. The van der Waals surface area contributed by atoms with Gasteiger partial charge in [-0.05, 0) is 37.0 Å². The number of hydrogen-bond donors (Lipinski definition) is 0. The highest BCUT2D eigenvalue weighted by atomic mass is 16.6. The Morgan fingerprint density at radius 2 is 1.94 bits per heavy atom. The molecule has 0 N–H and O–H groups in total. The first kappa shape index (κ1) is 11.5. The molecule has 1 atom stereocenters. The van der Waals surface area contributed by atoms with Crippen LogP contribution in [0.5, 0.6) is 5.75 Å². The van der Waals surface area contributed by atoms with E-state index in [4.69, 9.17) is 9.47 Å². The predicted molar refractivity (Wildman–Crippen MR) is 65.1 cm³/mol. The third-order valence-electron chi connectivity index (χ3n) is 2.87. The van der Waals surface area contributed by atoms with Crippen molar-refractivity contribution >= 4 is 0 Å².